The number of benzene rings is 2. The van der Waals surface area contributed by atoms with Crippen LogP contribution in [-0.2, 0) is 13.2 Å². The molecule has 1 aromatic heterocycles. The maximum absolute atomic E-state index is 6.09. The van der Waals surface area contributed by atoms with E-state index in [9.17, 15) is 0 Å². The molecule has 1 atom stereocenters. The standard InChI is InChI=1S/C26H31N3O2.ClH/c1-30-24-11-6-10-22(16-24)25(29-14-4-5-15-29)19-28-18-23-9-2-3-12-26(23)31-20-21-8-7-13-27-17-21;/h2-3,6-13,16-17,25,28H,4-5,14-15,18-20H2,1H3;1H. The van der Waals surface area contributed by atoms with Crippen molar-refractivity contribution >= 4 is 12.4 Å². The van der Waals surface area contributed by atoms with Crippen LogP contribution < -0.4 is 14.8 Å². The summed E-state index contributed by atoms with van der Waals surface area (Å²) in [6.45, 7) is 4.45. The Morgan fingerprint density at radius 2 is 1.88 bits per heavy atom. The van der Waals surface area contributed by atoms with E-state index in [2.05, 4.69) is 45.5 Å². The van der Waals surface area contributed by atoms with Crippen molar-refractivity contribution in [2.45, 2.75) is 32.0 Å². The molecule has 1 saturated heterocycles. The number of likely N-dealkylation sites (tertiary alicyclic amines) is 1. The molecule has 0 amide bonds. The zero-order valence-electron chi connectivity index (χ0n) is 18.6. The molecule has 0 bridgehead atoms. The van der Waals surface area contributed by atoms with E-state index in [0.717, 1.165) is 48.8 Å². The van der Waals surface area contributed by atoms with Gasteiger partial charge in [-0.1, -0.05) is 36.4 Å². The van der Waals surface area contributed by atoms with Gasteiger partial charge >= 0.3 is 0 Å². The van der Waals surface area contributed by atoms with E-state index in [1.807, 2.05) is 36.5 Å². The van der Waals surface area contributed by atoms with Crippen LogP contribution in [0.1, 0.15) is 35.6 Å². The predicted molar refractivity (Wildman–Crippen MR) is 131 cm³/mol. The van der Waals surface area contributed by atoms with E-state index in [-0.39, 0.29) is 12.4 Å². The molecule has 170 valence electrons. The molecule has 0 saturated carbocycles. The van der Waals surface area contributed by atoms with Gasteiger partial charge in [0.05, 0.1) is 7.11 Å². The summed E-state index contributed by atoms with van der Waals surface area (Å²) >= 11 is 0. The number of halogens is 1. The first kappa shape index (κ1) is 24.1. The molecule has 2 heterocycles. The maximum Gasteiger partial charge on any atom is 0.124 e. The van der Waals surface area contributed by atoms with Crippen molar-refractivity contribution in [3.8, 4) is 11.5 Å². The van der Waals surface area contributed by atoms with Gasteiger partial charge in [0.25, 0.3) is 0 Å². The van der Waals surface area contributed by atoms with Gasteiger partial charge in [-0.05, 0) is 55.8 Å². The average Bonchev–Trinajstić information content (AvgIpc) is 3.36. The molecule has 0 radical (unpaired) electrons. The Morgan fingerprint density at radius 3 is 2.66 bits per heavy atom. The molecule has 6 heteroatoms. The molecular formula is C26H32ClN3O2. The van der Waals surface area contributed by atoms with Crippen LogP contribution in [0.15, 0.2) is 73.1 Å². The number of pyridine rings is 1. The lowest BCUT2D eigenvalue weighted by atomic mass is 10.0. The highest BCUT2D eigenvalue weighted by Gasteiger charge is 2.23. The van der Waals surface area contributed by atoms with Crippen molar-refractivity contribution in [2.24, 2.45) is 0 Å². The van der Waals surface area contributed by atoms with Crippen molar-refractivity contribution in [3.05, 3.63) is 89.7 Å². The number of aromatic nitrogens is 1. The summed E-state index contributed by atoms with van der Waals surface area (Å²) in [6, 6.07) is 21.0. The second-order valence-electron chi connectivity index (χ2n) is 7.92. The van der Waals surface area contributed by atoms with Crippen LogP contribution in [0, 0.1) is 0 Å². The fourth-order valence-corrected chi connectivity index (χ4v) is 4.14. The molecule has 0 aliphatic carbocycles. The largest absolute Gasteiger partial charge is 0.497 e. The van der Waals surface area contributed by atoms with Crippen LogP contribution in [0.4, 0.5) is 0 Å². The van der Waals surface area contributed by atoms with Gasteiger partial charge in [-0.15, -0.1) is 12.4 Å². The highest BCUT2D eigenvalue weighted by molar-refractivity contribution is 5.85. The Labute approximate surface area is 197 Å². The Hall–Kier alpha value is -2.60. The van der Waals surface area contributed by atoms with Crippen LogP contribution in [0.3, 0.4) is 0 Å². The third-order valence-corrected chi connectivity index (χ3v) is 5.80. The van der Waals surface area contributed by atoms with Crippen molar-refractivity contribution < 1.29 is 9.47 Å². The zero-order valence-corrected chi connectivity index (χ0v) is 19.4. The van der Waals surface area contributed by atoms with Crippen LogP contribution in [0.25, 0.3) is 0 Å². The number of nitrogens with one attached hydrogen (secondary N) is 1. The van der Waals surface area contributed by atoms with Crippen molar-refractivity contribution in [2.75, 3.05) is 26.7 Å². The molecule has 1 N–H and O–H groups in total. The molecule has 0 spiro atoms. The molecule has 32 heavy (non-hydrogen) atoms. The number of hydrogen-bond donors (Lipinski definition) is 1. The van der Waals surface area contributed by atoms with Gasteiger partial charge in [0.1, 0.15) is 18.1 Å². The highest BCUT2D eigenvalue weighted by Crippen LogP contribution is 2.27. The molecule has 1 aliphatic heterocycles. The molecule has 5 nitrogen and oxygen atoms in total. The number of rotatable bonds is 10. The number of methoxy groups -OCH3 is 1. The third kappa shape index (κ3) is 6.45. The number of para-hydroxylation sites is 1. The van der Waals surface area contributed by atoms with Gasteiger partial charge in [-0.3, -0.25) is 9.88 Å². The molecule has 4 rings (SSSR count). The van der Waals surface area contributed by atoms with E-state index in [4.69, 9.17) is 9.47 Å². The van der Waals surface area contributed by atoms with Gasteiger partial charge in [-0.25, -0.2) is 0 Å². The smallest absolute Gasteiger partial charge is 0.124 e. The molecule has 1 unspecified atom stereocenters. The number of ether oxygens (including phenoxy) is 2. The molecule has 3 aromatic rings. The van der Waals surface area contributed by atoms with E-state index < -0.39 is 0 Å². The summed E-state index contributed by atoms with van der Waals surface area (Å²) in [6.07, 6.45) is 6.16. The van der Waals surface area contributed by atoms with Crippen LogP contribution in [-0.4, -0.2) is 36.6 Å². The van der Waals surface area contributed by atoms with E-state index in [0.29, 0.717) is 12.6 Å². The summed E-state index contributed by atoms with van der Waals surface area (Å²) in [5.74, 6) is 1.83. The first-order chi connectivity index (χ1) is 15.3. The lowest BCUT2D eigenvalue weighted by Gasteiger charge is -2.28. The van der Waals surface area contributed by atoms with Crippen molar-refractivity contribution in [1.82, 2.24) is 15.2 Å². The fourth-order valence-electron chi connectivity index (χ4n) is 4.14. The van der Waals surface area contributed by atoms with Gasteiger partial charge in [0.15, 0.2) is 0 Å². The minimum atomic E-state index is 0. The predicted octanol–water partition coefficient (Wildman–Crippen LogP) is 5.02. The zero-order chi connectivity index (χ0) is 21.3. The molecule has 2 aromatic carbocycles. The van der Waals surface area contributed by atoms with Gasteiger partial charge < -0.3 is 14.8 Å². The van der Waals surface area contributed by atoms with Gasteiger partial charge in [-0.2, -0.15) is 0 Å². The molecular weight excluding hydrogens is 422 g/mol. The second kappa shape index (κ2) is 12.4. The van der Waals surface area contributed by atoms with Gasteiger partial charge in [0.2, 0.25) is 0 Å². The number of nitrogens with zero attached hydrogens (tertiary/aromatic N) is 2. The first-order valence-electron chi connectivity index (χ1n) is 11.0. The number of hydrogen-bond acceptors (Lipinski definition) is 5. The van der Waals surface area contributed by atoms with E-state index in [1.54, 1.807) is 13.3 Å². The molecule has 1 fully saturated rings. The summed E-state index contributed by atoms with van der Waals surface area (Å²) in [7, 11) is 1.73. The van der Waals surface area contributed by atoms with Crippen LogP contribution in [0.5, 0.6) is 11.5 Å². The van der Waals surface area contributed by atoms with Crippen molar-refractivity contribution in [1.29, 1.82) is 0 Å². The van der Waals surface area contributed by atoms with E-state index >= 15 is 0 Å². The Bertz CT molecular complexity index is 949. The highest BCUT2D eigenvalue weighted by atomic mass is 35.5. The fraction of sp³-hybridized carbons (Fsp3) is 0.346. The first-order valence-corrected chi connectivity index (χ1v) is 11.0. The third-order valence-electron chi connectivity index (χ3n) is 5.80. The van der Waals surface area contributed by atoms with Crippen LogP contribution >= 0.6 is 12.4 Å². The van der Waals surface area contributed by atoms with E-state index in [1.165, 1.54) is 18.4 Å². The second-order valence-corrected chi connectivity index (χ2v) is 7.92. The minimum Gasteiger partial charge on any atom is -0.497 e. The Morgan fingerprint density at radius 1 is 1.03 bits per heavy atom. The Balaban J connectivity index is 0.00000289. The van der Waals surface area contributed by atoms with Crippen LogP contribution in [0.2, 0.25) is 0 Å². The molecule has 1 aliphatic rings. The minimum absolute atomic E-state index is 0. The SMILES string of the molecule is COc1cccc(C(CNCc2ccccc2OCc2cccnc2)N2CCCC2)c1.Cl. The maximum atomic E-state index is 6.09. The summed E-state index contributed by atoms with van der Waals surface area (Å²) in [5.41, 5.74) is 3.53. The normalized spacial score (nSPS) is 14.5. The summed E-state index contributed by atoms with van der Waals surface area (Å²) < 4.78 is 11.5. The Kier molecular flexibility index (Phi) is 9.35. The average molecular weight is 454 g/mol. The monoisotopic (exact) mass is 453 g/mol. The quantitative estimate of drug-likeness (QED) is 0.467. The lowest BCUT2D eigenvalue weighted by Crippen LogP contribution is -2.34. The summed E-state index contributed by atoms with van der Waals surface area (Å²) in [4.78, 5) is 6.74. The lowest BCUT2D eigenvalue weighted by molar-refractivity contribution is 0.237. The van der Waals surface area contributed by atoms with Gasteiger partial charge in [0, 0.05) is 42.7 Å². The summed E-state index contributed by atoms with van der Waals surface area (Å²) in [5, 5.41) is 3.68. The van der Waals surface area contributed by atoms with Crippen molar-refractivity contribution in [3.63, 3.8) is 0 Å². The topological polar surface area (TPSA) is 46.6 Å².